The first-order valence-electron chi connectivity index (χ1n) is 9.94. The fourth-order valence-electron chi connectivity index (χ4n) is 4.35. The number of rotatable bonds is 4. The maximum absolute atomic E-state index is 13.8. The molecular weight excluding hydrogens is 439 g/mol. The van der Waals surface area contributed by atoms with Crippen molar-refractivity contribution in [3.05, 3.63) is 71.2 Å². The maximum Gasteiger partial charge on any atom is 0.255 e. The summed E-state index contributed by atoms with van der Waals surface area (Å²) in [6.45, 7) is 0.720. The molecule has 0 fully saturated rings. The molecule has 1 aromatic carbocycles. The maximum atomic E-state index is 13.8. The predicted octanol–water partition coefficient (Wildman–Crippen LogP) is 4.49. The first kappa shape index (κ1) is 20.6. The highest BCUT2D eigenvalue weighted by Crippen LogP contribution is 2.32. The summed E-state index contributed by atoms with van der Waals surface area (Å²) in [5, 5.41) is 5.18. The minimum absolute atomic E-state index is 0.0958. The zero-order valence-corrected chi connectivity index (χ0v) is 17.9. The molecule has 6 nitrogen and oxygen atoms in total. The van der Waals surface area contributed by atoms with E-state index in [4.69, 9.17) is 0 Å². The third-order valence-electron chi connectivity index (χ3n) is 5.70. The fourth-order valence-corrected chi connectivity index (χ4v) is 4.66. The third-order valence-corrected chi connectivity index (χ3v) is 6.08. The topological polar surface area (TPSA) is 56.0 Å². The van der Waals surface area contributed by atoms with E-state index in [1.807, 2.05) is 0 Å². The highest BCUT2D eigenvalue weighted by atomic mass is 32.2. The second kappa shape index (κ2) is 8.01. The Labute approximate surface area is 185 Å². The first-order valence-corrected chi connectivity index (χ1v) is 10.8. The molecule has 1 aliphatic rings. The van der Waals surface area contributed by atoms with Crippen molar-refractivity contribution in [2.75, 3.05) is 6.54 Å². The molecule has 0 aliphatic carbocycles. The average molecular weight is 457 g/mol. The lowest BCUT2D eigenvalue weighted by Crippen LogP contribution is -2.36. The Hall–Kier alpha value is -3.27. The molecule has 0 N–H and O–H groups in total. The van der Waals surface area contributed by atoms with E-state index in [1.54, 1.807) is 45.7 Å². The van der Waals surface area contributed by atoms with Gasteiger partial charge in [-0.15, -0.1) is 0 Å². The Bertz CT molecular complexity index is 1330. The van der Waals surface area contributed by atoms with Gasteiger partial charge in [-0.1, -0.05) is 0 Å². The number of carbonyl (C=O) groups excluding carboxylic acids is 1. The summed E-state index contributed by atoms with van der Waals surface area (Å²) in [7, 11) is 1.72. The van der Waals surface area contributed by atoms with Crippen LogP contribution in [0.15, 0.2) is 42.7 Å². The Morgan fingerprint density at radius 1 is 1.19 bits per heavy atom. The van der Waals surface area contributed by atoms with Crippen LogP contribution in [0.2, 0.25) is 0 Å². The van der Waals surface area contributed by atoms with E-state index in [-0.39, 0.29) is 30.5 Å². The third kappa shape index (κ3) is 3.44. The lowest BCUT2D eigenvalue weighted by molar-refractivity contribution is 0.0734. The van der Waals surface area contributed by atoms with Crippen LogP contribution >= 0.6 is 12.1 Å². The van der Waals surface area contributed by atoms with E-state index in [2.05, 4.69) is 10.1 Å². The number of aromatic nitrogens is 4. The van der Waals surface area contributed by atoms with Gasteiger partial charge in [0.15, 0.2) is 0 Å². The number of aryl methyl sites for hydroxylation is 1. The minimum Gasteiger partial charge on any atom is -0.332 e. The molecule has 0 saturated heterocycles. The van der Waals surface area contributed by atoms with Crippen LogP contribution in [0, 0.1) is 11.6 Å². The van der Waals surface area contributed by atoms with Gasteiger partial charge < -0.3 is 9.47 Å². The van der Waals surface area contributed by atoms with E-state index in [9.17, 15) is 17.5 Å². The molecule has 10 heteroatoms. The van der Waals surface area contributed by atoms with Gasteiger partial charge in [-0.25, -0.2) is 13.8 Å². The van der Waals surface area contributed by atoms with Gasteiger partial charge in [0, 0.05) is 48.6 Å². The number of carbonyl (C=O) groups is 1. The Morgan fingerprint density at radius 3 is 2.72 bits per heavy atom. The summed E-state index contributed by atoms with van der Waals surface area (Å²) in [5.41, 5.74) is 3.69. The molecule has 1 aliphatic heterocycles. The van der Waals surface area contributed by atoms with Crippen LogP contribution in [0.3, 0.4) is 0 Å². The summed E-state index contributed by atoms with van der Waals surface area (Å²) in [4.78, 5) is 19.3. The number of halogens is 3. The second-order valence-corrected chi connectivity index (χ2v) is 8.13. The number of amides is 1. The van der Waals surface area contributed by atoms with Crippen LogP contribution in [0.5, 0.6) is 0 Å². The smallest absolute Gasteiger partial charge is 0.255 e. The molecule has 0 atom stereocenters. The molecule has 3 aromatic heterocycles. The molecule has 0 saturated carbocycles. The van der Waals surface area contributed by atoms with Gasteiger partial charge in [0.1, 0.15) is 23.2 Å². The van der Waals surface area contributed by atoms with Gasteiger partial charge in [-0.05, 0) is 30.7 Å². The summed E-state index contributed by atoms with van der Waals surface area (Å²) >= 11 is 0.182. The van der Waals surface area contributed by atoms with Gasteiger partial charge in [-0.3, -0.25) is 9.48 Å². The number of benzene rings is 1. The molecule has 0 unspecified atom stereocenters. The van der Waals surface area contributed by atoms with Gasteiger partial charge in [0.2, 0.25) is 0 Å². The van der Waals surface area contributed by atoms with Crippen LogP contribution in [0.4, 0.5) is 12.7 Å². The van der Waals surface area contributed by atoms with Crippen molar-refractivity contribution in [3.8, 4) is 11.3 Å². The van der Waals surface area contributed by atoms with E-state index in [0.717, 1.165) is 11.6 Å². The standard InChI is InChI=1S/C22H18F3N5OS/c1-28-20(13-8-14(23)10-15(24)9-13)18-4-6-29(11-19(18)27-28)22(31)17-2-5-26-21-16(17)3-7-30(21)12-32-25/h2-3,5,7-10H,4,6,11-12H2,1H3. The highest BCUT2D eigenvalue weighted by Gasteiger charge is 2.29. The minimum atomic E-state index is -0.651. The molecule has 4 heterocycles. The van der Waals surface area contributed by atoms with Crippen molar-refractivity contribution in [2.45, 2.75) is 18.8 Å². The van der Waals surface area contributed by atoms with E-state index < -0.39 is 11.6 Å². The molecule has 1 amide bonds. The predicted molar refractivity (Wildman–Crippen MR) is 115 cm³/mol. The monoisotopic (exact) mass is 457 g/mol. The summed E-state index contributed by atoms with van der Waals surface area (Å²) < 4.78 is 43.5. The van der Waals surface area contributed by atoms with Gasteiger partial charge >= 0.3 is 0 Å². The Balaban J connectivity index is 1.47. The number of pyridine rings is 1. The normalized spacial score (nSPS) is 13.6. The molecule has 5 rings (SSSR count). The molecule has 0 radical (unpaired) electrons. The Morgan fingerprint density at radius 2 is 1.97 bits per heavy atom. The molecule has 164 valence electrons. The van der Waals surface area contributed by atoms with Crippen molar-refractivity contribution in [1.82, 2.24) is 24.2 Å². The second-order valence-electron chi connectivity index (χ2n) is 7.65. The van der Waals surface area contributed by atoms with Gasteiger partial charge in [0.05, 0.1) is 35.6 Å². The van der Waals surface area contributed by atoms with Crippen LogP contribution < -0.4 is 0 Å². The zero-order valence-electron chi connectivity index (χ0n) is 17.1. The van der Waals surface area contributed by atoms with Gasteiger partial charge in [0.25, 0.3) is 5.91 Å². The number of nitrogens with zero attached hydrogens (tertiary/aromatic N) is 5. The summed E-state index contributed by atoms with van der Waals surface area (Å²) in [6.07, 6.45) is 3.76. The number of fused-ring (bicyclic) bond motifs is 2. The quantitative estimate of drug-likeness (QED) is 0.453. The summed E-state index contributed by atoms with van der Waals surface area (Å²) in [6, 6.07) is 6.82. The van der Waals surface area contributed by atoms with Crippen molar-refractivity contribution < 1.29 is 17.5 Å². The van der Waals surface area contributed by atoms with Crippen molar-refractivity contribution >= 4 is 29.1 Å². The summed E-state index contributed by atoms with van der Waals surface area (Å²) in [5.74, 6) is -1.37. The van der Waals surface area contributed by atoms with E-state index >= 15 is 0 Å². The van der Waals surface area contributed by atoms with Crippen molar-refractivity contribution in [2.24, 2.45) is 7.05 Å². The van der Waals surface area contributed by atoms with Crippen molar-refractivity contribution in [3.63, 3.8) is 0 Å². The molecule has 32 heavy (non-hydrogen) atoms. The van der Waals surface area contributed by atoms with Crippen LogP contribution in [-0.4, -0.2) is 36.7 Å². The van der Waals surface area contributed by atoms with Crippen LogP contribution in [0.1, 0.15) is 21.6 Å². The van der Waals surface area contributed by atoms with Gasteiger partial charge in [-0.2, -0.15) is 8.98 Å². The highest BCUT2D eigenvalue weighted by molar-refractivity contribution is 7.93. The molecule has 0 bridgehead atoms. The molecular formula is C22H18F3N5OS. The Kier molecular flexibility index (Phi) is 5.16. The lowest BCUT2D eigenvalue weighted by atomic mass is 9.99. The number of hydrogen-bond acceptors (Lipinski definition) is 4. The average Bonchev–Trinajstić information content (AvgIpc) is 3.32. The largest absolute Gasteiger partial charge is 0.332 e. The lowest BCUT2D eigenvalue weighted by Gasteiger charge is -2.27. The molecule has 0 spiro atoms. The first-order chi connectivity index (χ1) is 15.5. The van der Waals surface area contributed by atoms with Crippen molar-refractivity contribution in [1.29, 1.82) is 0 Å². The zero-order chi connectivity index (χ0) is 22.4. The fraction of sp³-hybridized carbons (Fsp3) is 0.227. The van der Waals surface area contributed by atoms with E-state index in [1.165, 1.54) is 12.1 Å². The number of hydrogen-bond donors (Lipinski definition) is 0. The molecule has 4 aromatic rings. The van der Waals surface area contributed by atoms with Crippen LogP contribution in [0.25, 0.3) is 22.3 Å². The van der Waals surface area contributed by atoms with Crippen LogP contribution in [-0.2, 0) is 25.9 Å². The SMILES string of the molecule is Cn1nc2c(c1-c1cc(F)cc(F)c1)CCN(C(=O)c1ccnc3c1ccn3CSF)C2. The van der Waals surface area contributed by atoms with E-state index in [0.29, 0.717) is 46.5 Å².